The molecule has 4 rings (SSSR count). The number of hydrogen-bond donors (Lipinski definition) is 2. The van der Waals surface area contributed by atoms with E-state index in [0.29, 0.717) is 25.6 Å². The quantitative estimate of drug-likeness (QED) is 0.329. The summed E-state index contributed by atoms with van der Waals surface area (Å²) >= 11 is 0. The number of nitrogens with one attached hydrogen (secondary N) is 2. The van der Waals surface area contributed by atoms with Gasteiger partial charge in [-0.3, -0.25) is 19.5 Å². The lowest BCUT2D eigenvalue weighted by Crippen LogP contribution is -2.43. The highest BCUT2D eigenvalue weighted by Crippen LogP contribution is 2.52. The van der Waals surface area contributed by atoms with Crippen molar-refractivity contribution in [3.8, 4) is 5.75 Å². The van der Waals surface area contributed by atoms with E-state index < -0.39 is 0 Å². The monoisotopic (exact) mass is 396 g/mol. The number of hydrogen-bond acceptors (Lipinski definition) is 4. The predicted octanol–water partition coefficient (Wildman–Crippen LogP) is 1.48. The van der Waals surface area contributed by atoms with Crippen molar-refractivity contribution in [1.82, 2.24) is 15.5 Å². The zero-order valence-electron chi connectivity index (χ0n) is 17.1. The number of likely N-dealkylation sites (tertiary alicyclic amines) is 1. The van der Waals surface area contributed by atoms with Crippen molar-refractivity contribution >= 4 is 17.8 Å². The number of rotatable bonds is 6. The molecule has 1 saturated heterocycles. The van der Waals surface area contributed by atoms with Crippen LogP contribution in [-0.4, -0.2) is 49.9 Å². The van der Waals surface area contributed by atoms with Crippen molar-refractivity contribution in [2.45, 2.75) is 19.9 Å². The van der Waals surface area contributed by atoms with E-state index >= 15 is 0 Å². The Balaban J connectivity index is 1.28. The number of ether oxygens (including phenoxy) is 1. The molecule has 2 fully saturated rings. The number of guanidine groups is 1. The molecule has 1 aliphatic heterocycles. The van der Waals surface area contributed by atoms with Gasteiger partial charge >= 0.3 is 0 Å². The van der Waals surface area contributed by atoms with Crippen molar-refractivity contribution in [2.75, 3.05) is 27.2 Å². The normalized spacial score (nSPS) is 27.6. The summed E-state index contributed by atoms with van der Waals surface area (Å²) in [6, 6.07) is 6.05. The molecule has 4 atom stereocenters. The third kappa shape index (κ3) is 3.61. The highest BCUT2D eigenvalue weighted by Gasteiger charge is 2.58. The maximum atomic E-state index is 12.7. The van der Waals surface area contributed by atoms with Crippen LogP contribution in [0.3, 0.4) is 0 Å². The first-order chi connectivity index (χ1) is 14.0. The van der Waals surface area contributed by atoms with Gasteiger partial charge in [0.2, 0.25) is 11.8 Å². The maximum absolute atomic E-state index is 12.7. The number of imide groups is 1. The molecule has 1 aromatic rings. The molecule has 29 heavy (non-hydrogen) atoms. The minimum atomic E-state index is -0.133. The van der Waals surface area contributed by atoms with Crippen molar-refractivity contribution in [3.05, 3.63) is 41.5 Å². The van der Waals surface area contributed by atoms with Gasteiger partial charge in [-0.2, -0.15) is 0 Å². The largest absolute Gasteiger partial charge is 0.497 e. The zero-order chi connectivity index (χ0) is 20.5. The smallest absolute Gasteiger partial charge is 0.233 e. The van der Waals surface area contributed by atoms with E-state index in [1.165, 1.54) is 4.90 Å². The summed E-state index contributed by atoms with van der Waals surface area (Å²) < 4.78 is 5.31. The van der Waals surface area contributed by atoms with Gasteiger partial charge in [0.1, 0.15) is 5.75 Å². The fourth-order valence-corrected chi connectivity index (χ4v) is 4.92. The molecule has 0 radical (unpaired) electrons. The molecule has 2 aliphatic carbocycles. The molecule has 154 valence electrons. The third-order valence-corrected chi connectivity index (χ3v) is 6.22. The lowest BCUT2D eigenvalue weighted by atomic mass is 9.85. The lowest BCUT2D eigenvalue weighted by Gasteiger charge is -2.18. The van der Waals surface area contributed by atoms with Gasteiger partial charge in [-0.15, -0.1) is 0 Å². The summed E-state index contributed by atoms with van der Waals surface area (Å²) in [5.74, 6) is 1.68. The molecule has 0 aromatic heterocycles. The molecule has 2 N–H and O–H groups in total. The van der Waals surface area contributed by atoms with E-state index in [1.54, 1.807) is 14.2 Å². The Morgan fingerprint density at radius 1 is 1.14 bits per heavy atom. The Morgan fingerprint density at radius 3 is 2.45 bits per heavy atom. The number of aryl methyl sites for hydroxylation is 1. The molecule has 1 saturated carbocycles. The summed E-state index contributed by atoms with van der Waals surface area (Å²) in [5.41, 5.74) is 2.22. The molecule has 2 bridgehead atoms. The van der Waals surface area contributed by atoms with Crippen molar-refractivity contribution in [2.24, 2.45) is 28.7 Å². The number of amides is 2. The van der Waals surface area contributed by atoms with E-state index in [-0.39, 0.29) is 35.5 Å². The summed E-state index contributed by atoms with van der Waals surface area (Å²) in [6.07, 6.45) is 5.19. The standard InChI is InChI=1S/C22H28N4O3/c1-13-8-14(10-17(9-13)29-3)12-25-22(23-2)24-6-7-26-20(27)18-15-4-5-16(11-15)19(18)21(26)28/h4-5,8-10,15-16,18-19H,6-7,11-12H2,1-3H3,(H2,23,24,25). The van der Waals surface area contributed by atoms with E-state index in [9.17, 15) is 9.59 Å². The Kier molecular flexibility index (Phi) is 5.30. The van der Waals surface area contributed by atoms with Crippen LogP contribution in [-0.2, 0) is 16.1 Å². The second-order valence-electron chi connectivity index (χ2n) is 8.04. The van der Waals surface area contributed by atoms with Crippen LogP contribution in [0.2, 0.25) is 0 Å². The van der Waals surface area contributed by atoms with Crippen molar-refractivity contribution in [3.63, 3.8) is 0 Å². The highest BCUT2D eigenvalue weighted by atomic mass is 16.5. The van der Waals surface area contributed by atoms with Crippen molar-refractivity contribution < 1.29 is 14.3 Å². The first kappa shape index (κ1) is 19.5. The second-order valence-corrected chi connectivity index (χ2v) is 8.04. The van der Waals surface area contributed by atoms with Gasteiger partial charge in [0, 0.05) is 26.7 Å². The minimum absolute atomic E-state index is 0.00606. The molecular formula is C22H28N4O3. The molecule has 2 amide bonds. The van der Waals surface area contributed by atoms with E-state index in [4.69, 9.17) is 4.74 Å². The minimum Gasteiger partial charge on any atom is -0.497 e. The van der Waals surface area contributed by atoms with Crippen LogP contribution >= 0.6 is 0 Å². The van der Waals surface area contributed by atoms with E-state index in [2.05, 4.69) is 33.8 Å². The topological polar surface area (TPSA) is 83.0 Å². The number of allylic oxidation sites excluding steroid dienone is 2. The SMILES string of the molecule is CN=C(NCCN1C(=O)C2C3C=CC(C3)C2C1=O)NCc1cc(C)cc(OC)c1. The van der Waals surface area contributed by atoms with Gasteiger partial charge in [-0.05, 0) is 48.4 Å². The molecule has 3 aliphatic rings. The van der Waals surface area contributed by atoms with Crippen LogP contribution in [0.15, 0.2) is 35.3 Å². The number of nitrogens with zero attached hydrogens (tertiary/aromatic N) is 2. The average Bonchev–Trinajstić information content (AvgIpc) is 3.39. The molecule has 7 nitrogen and oxygen atoms in total. The first-order valence-corrected chi connectivity index (χ1v) is 10.1. The van der Waals surface area contributed by atoms with Gasteiger partial charge in [-0.1, -0.05) is 18.2 Å². The number of benzene rings is 1. The predicted molar refractivity (Wildman–Crippen MR) is 110 cm³/mol. The van der Waals surface area contributed by atoms with Crippen LogP contribution in [0, 0.1) is 30.6 Å². The van der Waals surface area contributed by atoms with Crippen molar-refractivity contribution in [1.29, 1.82) is 0 Å². The van der Waals surface area contributed by atoms with Gasteiger partial charge in [0.15, 0.2) is 5.96 Å². The molecule has 1 heterocycles. The highest BCUT2D eigenvalue weighted by molar-refractivity contribution is 6.06. The Labute approximate surface area is 171 Å². The van der Waals surface area contributed by atoms with Crippen LogP contribution in [0.25, 0.3) is 0 Å². The molecule has 1 aromatic carbocycles. The molecule has 7 heteroatoms. The lowest BCUT2D eigenvalue weighted by molar-refractivity contribution is -0.140. The number of methoxy groups -OCH3 is 1. The summed E-state index contributed by atoms with van der Waals surface area (Å²) in [7, 11) is 3.36. The van der Waals surface area contributed by atoms with Crippen LogP contribution in [0.5, 0.6) is 5.75 Å². The van der Waals surface area contributed by atoms with Crippen LogP contribution < -0.4 is 15.4 Å². The van der Waals surface area contributed by atoms with Crippen LogP contribution in [0.4, 0.5) is 0 Å². The van der Waals surface area contributed by atoms with E-state index in [0.717, 1.165) is 23.3 Å². The number of carbonyl (C=O) groups excluding carboxylic acids is 2. The number of carbonyl (C=O) groups is 2. The Bertz CT molecular complexity index is 849. The summed E-state index contributed by atoms with van der Waals surface area (Å²) in [5, 5.41) is 6.46. The van der Waals surface area contributed by atoms with Gasteiger partial charge < -0.3 is 15.4 Å². The Morgan fingerprint density at radius 2 is 1.83 bits per heavy atom. The van der Waals surface area contributed by atoms with Gasteiger partial charge in [0.25, 0.3) is 0 Å². The zero-order valence-corrected chi connectivity index (χ0v) is 17.1. The molecule has 4 unspecified atom stereocenters. The summed E-state index contributed by atoms with van der Waals surface area (Å²) in [4.78, 5) is 31.1. The number of fused-ring (bicyclic) bond motifs is 5. The van der Waals surface area contributed by atoms with Crippen LogP contribution in [0.1, 0.15) is 17.5 Å². The average molecular weight is 396 g/mol. The maximum Gasteiger partial charge on any atom is 0.233 e. The van der Waals surface area contributed by atoms with Gasteiger partial charge in [0.05, 0.1) is 18.9 Å². The number of aliphatic imine (C=N–C) groups is 1. The first-order valence-electron chi connectivity index (χ1n) is 10.1. The van der Waals surface area contributed by atoms with Gasteiger partial charge in [-0.25, -0.2) is 0 Å². The molecule has 0 spiro atoms. The summed E-state index contributed by atoms with van der Waals surface area (Å²) in [6.45, 7) is 3.46. The fraction of sp³-hybridized carbons (Fsp3) is 0.500. The second kappa shape index (κ2) is 7.89. The Hall–Kier alpha value is -2.83. The molecular weight excluding hydrogens is 368 g/mol. The third-order valence-electron chi connectivity index (χ3n) is 6.22. The fourth-order valence-electron chi connectivity index (χ4n) is 4.92. The van der Waals surface area contributed by atoms with E-state index in [1.807, 2.05) is 19.1 Å².